The number of aliphatic imine (C=N–C) groups is 1. The summed E-state index contributed by atoms with van der Waals surface area (Å²) in [5, 5.41) is 3.28. The standard InChI is InChI=1S/C21H25N7O2/c1-14(18-10-20(25-13-24-18)28-5-7-30-8-6-28)16-9-15(3-4-17(16)27-22)19-11-23-12-21(26-19)29-2/h3-4,9-13,19,26-27H,1,5-8,22H2,2H3/t19-/m1/s1. The summed E-state index contributed by atoms with van der Waals surface area (Å²) < 4.78 is 10.7. The summed E-state index contributed by atoms with van der Waals surface area (Å²) in [5.74, 6) is 7.23. The lowest BCUT2D eigenvalue weighted by molar-refractivity contribution is 0.122. The fourth-order valence-electron chi connectivity index (χ4n) is 3.45. The molecule has 1 aromatic heterocycles. The zero-order chi connectivity index (χ0) is 20.9. The number of nitrogens with zero attached hydrogens (tertiary/aromatic N) is 4. The van der Waals surface area contributed by atoms with Crippen molar-refractivity contribution in [1.82, 2.24) is 15.3 Å². The number of aromatic nitrogens is 2. The van der Waals surface area contributed by atoms with Crippen molar-refractivity contribution < 1.29 is 9.47 Å². The predicted octanol–water partition coefficient (Wildman–Crippen LogP) is 1.82. The number of ether oxygens (including phenoxy) is 2. The number of nitrogens with one attached hydrogen (secondary N) is 2. The molecule has 4 N–H and O–H groups in total. The number of nitrogens with two attached hydrogens (primary N) is 1. The van der Waals surface area contributed by atoms with E-state index >= 15 is 0 Å². The Kier molecular flexibility index (Phi) is 5.92. The molecule has 1 saturated heterocycles. The number of morpholine rings is 1. The lowest BCUT2D eigenvalue weighted by atomic mass is 9.96. The topological polar surface area (TPSA) is 110 Å². The molecular formula is C21H25N7O2. The molecule has 0 aliphatic carbocycles. The Balaban J connectivity index is 1.63. The van der Waals surface area contributed by atoms with Gasteiger partial charge in [0.25, 0.3) is 0 Å². The Bertz CT molecular complexity index is 983. The van der Waals surface area contributed by atoms with Crippen molar-refractivity contribution in [3.05, 3.63) is 66.1 Å². The molecule has 2 aliphatic heterocycles. The molecule has 2 aromatic rings. The molecule has 9 nitrogen and oxygen atoms in total. The maximum absolute atomic E-state index is 5.77. The van der Waals surface area contributed by atoms with Gasteiger partial charge in [-0.2, -0.15) is 0 Å². The van der Waals surface area contributed by atoms with Gasteiger partial charge in [0.15, 0.2) is 0 Å². The van der Waals surface area contributed by atoms with Crippen LogP contribution in [0, 0.1) is 0 Å². The average molecular weight is 407 g/mol. The second-order valence-corrected chi connectivity index (χ2v) is 6.91. The molecular weight excluding hydrogens is 382 g/mol. The first-order valence-electron chi connectivity index (χ1n) is 9.68. The molecule has 0 radical (unpaired) electrons. The number of anilines is 2. The summed E-state index contributed by atoms with van der Waals surface area (Å²) in [6, 6.07) is 7.74. The van der Waals surface area contributed by atoms with Gasteiger partial charge in [-0.05, 0) is 17.7 Å². The van der Waals surface area contributed by atoms with Gasteiger partial charge in [-0.1, -0.05) is 12.6 Å². The van der Waals surface area contributed by atoms with Crippen LogP contribution in [0.3, 0.4) is 0 Å². The van der Waals surface area contributed by atoms with E-state index in [0.717, 1.165) is 47.0 Å². The maximum Gasteiger partial charge on any atom is 0.206 e. The Labute approximate surface area is 175 Å². The predicted molar refractivity (Wildman–Crippen MR) is 117 cm³/mol. The molecule has 1 aromatic carbocycles. The van der Waals surface area contributed by atoms with Crippen LogP contribution in [0.15, 0.2) is 54.2 Å². The van der Waals surface area contributed by atoms with Gasteiger partial charge in [0, 0.05) is 36.5 Å². The average Bonchev–Trinajstić information content (AvgIpc) is 2.84. The molecule has 0 saturated carbocycles. The zero-order valence-corrected chi connectivity index (χ0v) is 16.8. The number of benzene rings is 1. The van der Waals surface area contributed by atoms with E-state index in [2.05, 4.69) is 37.2 Å². The molecule has 0 spiro atoms. The minimum Gasteiger partial charge on any atom is -0.481 e. The summed E-state index contributed by atoms with van der Waals surface area (Å²) in [4.78, 5) is 15.3. The molecule has 0 bridgehead atoms. The van der Waals surface area contributed by atoms with E-state index in [4.69, 9.17) is 15.3 Å². The quantitative estimate of drug-likeness (QED) is 0.491. The van der Waals surface area contributed by atoms with E-state index in [1.807, 2.05) is 30.5 Å². The molecule has 0 amide bonds. The van der Waals surface area contributed by atoms with Crippen LogP contribution in [0.25, 0.3) is 5.57 Å². The molecule has 156 valence electrons. The second-order valence-electron chi connectivity index (χ2n) is 6.91. The van der Waals surface area contributed by atoms with Crippen molar-refractivity contribution in [3.63, 3.8) is 0 Å². The SMILES string of the molecule is C=C(c1cc(N2CCOCC2)ncn1)c1cc([C@H]2C=NC=C(OC)N2)ccc1NN. The summed E-state index contributed by atoms with van der Waals surface area (Å²) in [6.07, 6.45) is 5.02. The highest BCUT2D eigenvalue weighted by Crippen LogP contribution is 2.31. The number of rotatable bonds is 6. The molecule has 4 rings (SSSR count). The Morgan fingerprint density at radius 3 is 2.90 bits per heavy atom. The summed E-state index contributed by atoms with van der Waals surface area (Å²) in [6.45, 7) is 7.28. The molecule has 1 fully saturated rings. The van der Waals surface area contributed by atoms with E-state index in [1.54, 1.807) is 19.6 Å². The number of hydrogen-bond acceptors (Lipinski definition) is 9. The second kappa shape index (κ2) is 8.93. The third-order valence-corrected chi connectivity index (χ3v) is 5.12. The molecule has 30 heavy (non-hydrogen) atoms. The van der Waals surface area contributed by atoms with Crippen LogP contribution in [0.1, 0.15) is 22.9 Å². The Morgan fingerprint density at radius 2 is 2.13 bits per heavy atom. The van der Waals surface area contributed by atoms with Crippen molar-refractivity contribution in [2.45, 2.75) is 6.04 Å². The molecule has 0 unspecified atom stereocenters. The van der Waals surface area contributed by atoms with Crippen molar-refractivity contribution in [2.75, 3.05) is 43.7 Å². The fraction of sp³-hybridized carbons (Fsp3) is 0.286. The van der Waals surface area contributed by atoms with Gasteiger partial charge in [-0.25, -0.2) is 9.97 Å². The highest BCUT2D eigenvalue weighted by atomic mass is 16.5. The first kappa shape index (κ1) is 19.9. The van der Waals surface area contributed by atoms with E-state index in [1.165, 1.54) is 0 Å². The molecule has 2 aliphatic rings. The van der Waals surface area contributed by atoms with Gasteiger partial charge >= 0.3 is 0 Å². The fourth-order valence-corrected chi connectivity index (χ4v) is 3.45. The first-order chi connectivity index (χ1) is 14.7. The normalized spacial score (nSPS) is 18.4. The molecule has 9 heteroatoms. The van der Waals surface area contributed by atoms with Gasteiger partial charge in [0.05, 0.1) is 43.9 Å². The minimum absolute atomic E-state index is 0.127. The number of hydrogen-bond donors (Lipinski definition) is 3. The smallest absolute Gasteiger partial charge is 0.206 e. The number of methoxy groups -OCH3 is 1. The molecule has 1 atom stereocenters. The van der Waals surface area contributed by atoms with Crippen LogP contribution < -0.4 is 21.5 Å². The van der Waals surface area contributed by atoms with Crippen molar-refractivity contribution in [3.8, 4) is 0 Å². The third kappa shape index (κ3) is 4.12. The van der Waals surface area contributed by atoms with Crippen LogP contribution >= 0.6 is 0 Å². The zero-order valence-electron chi connectivity index (χ0n) is 16.8. The lowest BCUT2D eigenvalue weighted by Crippen LogP contribution is -2.36. The van der Waals surface area contributed by atoms with Gasteiger partial charge in [0.1, 0.15) is 12.1 Å². The van der Waals surface area contributed by atoms with Gasteiger partial charge in [-0.15, -0.1) is 0 Å². The highest BCUT2D eigenvalue weighted by Gasteiger charge is 2.19. The number of hydrazine groups is 1. The van der Waals surface area contributed by atoms with Crippen LogP contribution in [-0.4, -0.2) is 49.6 Å². The van der Waals surface area contributed by atoms with Crippen LogP contribution in [-0.2, 0) is 9.47 Å². The monoisotopic (exact) mass is 407 g/mol. The van der Waals surface area contributed by atoms with Gasteiger partial charge in [-0.3, -0.25) is 10.8 Å². The summed E-state index contributed by atoms with van der Waals surface area (Å²) in [5.41, 5.74) is 6.85. The third-order valence-electron chi connectivity index (χ3n) is 5.12. The van der Waals surface area contributed by atoms with Crippen LogP contribution in [0.5, 0.6) is 0 Å². The van der Waals surface area contributed by atoms with Crippen LogP contribution in [0.4, 0.5) is 11.5 Å². The minimum atomic E-state index is -0.127. The van der Waals surface area contributed by atoms with E-state index < -0.39 is 0 Å². The van der Waals surface area contributed by atoms with Gasteiger partial charge < -0.3 is 25.1 Å². The highest BCUT2D eigenvalue weighted by molar-refractivity contribution is 5.85. The first-order valence-corrected chi connectivity index (χ1v) is 9.68. The maximum atomic E-state index is 5.77. The van der Waals surface area contributed by atoms with Crippen molar-refractivity contribution in [1.29, 1.82) is 0 Å². The largest absolute Gasteiger partial charge is 0.481 e. The Morgan fingerprint density at radius 1 is 1.30 bits per heavy atom. The Hall–Kier alpha value is -3.43. The van der Waals surface area contributed by atoms with Crippen molar-refractivity contribution in [2.24, 2.45) is 10.8 Å². The number of nitrogen functional groups attached to an aromatic ring is 1. The van der Waals surface area contributed by atoms with Crippen LogP contribution in [0.2, 0.25) is 0 Å². The lowest BCUT2D eigenvalue weighted by Gasteiger charge is -2.28. The van der Waals surface area contributed by atoms with E-state index in [-0.39, 0.29) is 6.04 Å². The van der Waals surface area contributed by atoms with E-state index in [0.29, 0.717) is 19.1 Å². The summed E-state index contributed by atoms with van der Waals surface area (Å²) in [7, 11) is 1.60. The van der Waals surface area contributed by atoms with Crippen molar-refractivity contribution >= 4 is 23.3 Å². The summed E-state index contributed by atoms with van der Waals surface area (Å²) >= 11 is 0. The molecule has 3 heterocycles. The van der Waals surface area contributed by atoms with Gasteiger partial charge in [0.2, 0.25) is 5.88 Å². The van der Waals surface area contributed by atoms with E-state index in [9.17, 15) is 0 Å².